The summed E-state index contributed by atoms with van der Waals surface area (Å²) in [5.41, 5.74) is 4.11. The van der Waals surface area contributed by atoms with E-state index in [4.69, 9.17) is 0 Å². The van der Waals surface area contributed by atoms with Crippen molar-refractivity contribution in [2.75, 3.05) is 0 Å². The average Bonchev–Trinajstić information content (AvgIpc) is 2.55. The number of carbonyl (C=O) groups excluding carboxylic acids is 1. The normalized spacial score (nSPS) is 10.6. The molecule has 2 nitrogen and oxygen atoms in total. The van der Waals surface area contributed by atoms with Crippen LogP contribution in [0.15, 0.2) is 60.7 Å². The summed E-state index contributed by atoms with van der Waals surface area (Å²) in [6.07, 6.45) is 5.00. The Morgan fingerprint density at radius 1 is 0.818 bits per heavy atom. The monoisotopic (exact) mass is 309 g/mol. The van der Waals surface area contributed by atoms with Crippen molar-refractivity contribution in [3.63, 3.8) is 0 Å². The van der Waals surface area contributed by atoms with Crippen molar-refractivity contribution >= 4 is 29.3 Å². The number of rotatable bonds is 3. The van der Waals surface area contributed by atoms with Gasteiger partial charge in [0.2, 0.25) is 11.2 Å². The molecule has 3 aromatic rings. The predicted molar refractivity (Wildman–Crippen MR) is 85.9 cm³/mol. The van der Waals surface area contributed by atoms with Gasteiger partial charge in [-0.15, -0.1) is 0 Å². The van der Waals surface area contributed by atoms with Gasteiger partial charge in [0.05, 0.1) is 0 Å². The number of aromatic nitrogens is 1. The fraction of sp³-hybridized carbons (Fsp3) is 0.0526. The highest BCUT2D eigenvalue weighted by Crippen LogP contribution is 2.12. The number of aryl methyl sites for hydroxylation is 1. The van der Waals surface area contributed by atoms with E-state index in [0.29, 0.717) is 5.56 Å². The van der Waals surface area contributed by atoms with Crippen molar-refractivity contribution in [1.29, 1.82) is 0 Å². The molecule has 0 unspecified atom stereocenters. The fourth-order valence-electron chi connectivity index (χ4n) is 2.39. The Kier molecular flexibility index (Phi) is 5.08. The first-order valence-electron chi connectivity index (χ1n) is 6.89. The zero-order valence-electron chi connectivity index (χ0n) is 12.2. The summed E-state index contributed by atoms with van der Waals surface area (Å²) in [5.74, 6) is 0. The SMILES string of the molecule is C[n+]1c(/C=C/c2ccc(C=O)cc2)ccc2ccccc21.[Cl-]. The lowest BCUT2D eigenvalue weighted by Gasteiger charge is -2.00. The quantitative estimate of drug-likeness (QED) is 0.514. The first kappa shape index (κ1) is 15.9. The second kappa shape index (κ2) is 7.01. The van der Waals surface area contributed by atoms with E-state index in [1.165, 1.54) is 10.9 Å². The van der Waals surface area contributed by atoms with Crippen LogP contribution in [0.3, 0.4) is 0 Å². The Morgan fingerprint density at radius 2 is 1.50 bits per heavy atom. The summed E-state index contributed by atoms with van der Waals surface area (Å²) in [7, 11) is 2.07. The Hall–Kier alpha value is -2.45. The Morgan fingerprint density at radius 3 is 2.23 bits per heavy atom. The molecule has 0 aliphatic heterocycles. The number of benzene rings is 2. The van der Waals surface area contributed by atoms with Gasteiger partial charge in [0.15, 0.2) is 0 Å². The molecule has 0 saturated carbocycles. The van der Waals surface area contributed by atoms with E-state index in [0.717, 1.165) is 17.5 Å². The molecule has 0 radical (unpaired) electrons. The summed E-state index contributed by atoms with van der Waals surface area (Å²) in [6.45, 7) is 0. The molecule has 2 aromatic carbocycles. The van der Waals surface area contributed by atoms with Gasteiger partial charge in [-0.1, -0.05) is 36.4 Å². The van der Waals surface area contributed by atoms with E-state index >= 15 is 0 Å². The molecule has 0 aliphatic carbocycles. The van der Waals surface area contributed by atoms with Crippen molar-refractivity contribution in [3.8, 4) is 0 Å². The van der Waals surface area contributed by atoms with E-state index in [1.807, 2.05) is 36.4 Å². The highest BCUT2D eigenvalue weighted by atomic mass is 35.5. The lowest BCUT2D eigenvalue weighted by atomic mass is 10.1. The number of pyridine rings is 1. The molecule has 3 heteroatoms. The van der Waals surface area contributed by atoms with Crippen molar-refractivity contribution in [2.24, 2.45) is 7.05 Å². The summed E-state index contributed by atoms with van der Waals surface area (Å²) in [6, 6.07) is 20.1. The molecule has 0 aliphatic rings. The van der Waals surface area contributed by atoms with E-state index < -0.39 is 0 Å². The van der Waals surface area contributed by atoms with Crippen molar-refractivity contribution < 1.29 is 21.8 Å². The first-order chi connectivity index (χ1) is 10.3. The Balaban J connectivity index is 0.00000176. The second-order valence-electron chi connectivity index (χ2n) is 4.99. The number of carbonyl (C=O) groups is 1. The lowest BCUT2D eigenvalue weighted by Crippen LogP contribution is -3.00. The lowest BCUT2D eigenvalue weighted by molar-refractivity contribution is -0.646. The number of nitrogens with zero attached hydrogens (tertiary/aromatic N) is 1. The van der Waals surface area contributed by atoms with Crippen LogP contribution in [0.5, 0.6) is 0 Å². The van der Waals surface area contributed by atoms with Crippen LogP contribution < -0.4 is 17.0 Å². The van der Waals surface area contributed by atoms with Gasteiger partial charge in [-0.05, 0) is 23.8 Å². The summed E-state index contributed by atoms with van der Waals surface area (Å²) in [5, 5.41) is 1.23. The minimum atomic E-state index is 0. The van der Waals surface area contributed by atoms with Crippen LogP contribution in [-0.2, 0) is 7.05 Å². The van der Waals surface area contributed by atoms with Crippen molar-refractivity contribution in [3.05, 3.63) is 77.5 Å². The minimum Gasteiger partial charge on any atom is -1.00 e. The molecule has 22 heavy (non-hydrogen) atoms. The number of hydrogen-bond acceptors (Lipinski definition) is 1. The van der Waals surface area contributed by atoms with Gasteiger partial charge in [-0.2, -0.15) is 4.57 Å². The molecule has 0 fully saturated rings. The smallest absolute Gasteiger partial charge is 0.212 e. The van der Waals surface area contributed by atoms with Crippen LogP contribution in [0.2, 0.25) is 0 Å². The average molecular weight is 310 g/mol. The number of hydrogen-bond donors (Lipinski definition) is 0. The maximum absolute atomic E-state index is 10.6. The van der Waals surface area contributed by atoms with Crippen LogP contribution in [-0.4, -0.2) is 6.29 Å². The molecule has 3 rings (SSSR count). The van der Waals surface area contributed by atoms with E-state index in [1.54, 1.807) is 0 Å². The third kappa shape index (κ3) is 3.23. The van der Waals surface area contributed by atoms with Gasteiger partial charge in [0.25, 0.3) is 0 Å². The van der Waals surface area contributed by atoms with E-state index in [2.05, 4.69) is 48.0 Å². The summed E-state index contributed by atoms with van der Waals surface area (Å²) >= 11 is 0. The molecule has 1 aromatic heterocycles. The molecule has 0 saturated heterocycles. The van der Waals surface area contributed by atoms with Gasteiger partial charge in [0, 0.05) is 29.2 Å². The van der Waals surface area contributed by atoms with Crippen LogP contribution in [0.1, 0.15) is 21.6 Å². The number of aldehydes is 1. The molecule has 110 valence electrons. The second-order valence-corrected chi connectivity index (χ2v) is 4.99. The molecular formula is C19H16ClNO. The predicted octanol–water partition coefficient (Wildman–Crippen LogP) is 0.651. The van der Waals surface area contributed by atoms with Crippen LogP contribution in [0.4, 0.5) is 0 Å². The zero-order chi connectivity index (χ0) is 14.7. The van der Waals surface area contributed by atoms with Crippen LogP contribution in [0.25, 0.3) is 23.1 Å². The maximum atomic E-state index is 10.6. The molecule has 0 amide bonds. The Bertz CT molecular complexity index is 822. The molecular weight excluding hydrogens is 294 g/mol. The van der Waals surface area contributed by atoms with Crippen LogP contribution >= 0.6 is 0 Å². The molecule has 0 bridgehead atoms. The fourth-order valence-corrected chi connectivity index (χ4v) is 2.39. The molecule has 1 heterocycles. The first-order valence-corrected chi connectivity index (χ1v) is 6.89. The standard InChI is InChI=1S/C19H16NO.ClH/c1-20-18(13-11-17-4-2-3-5-19(17)20)12-10-15-6-8-16(14-21)9-7-15;/h2-14H,1H3;1H/q+1;/p-1/b12-10+;. The summed E-state index contributed by atoms with van der Waals surface area (Å²) < 4.78 is 2.17. The largest absolute Gasteiger partial charge is 1.00 e. The third-order valence-corrected chi connectivity index (χ3v) is 3.64. The van der Waals surface area contributed by atoms with Crippen molar-refractivity contribution in [2.45, 2.75) is 0 Å². The molecule has 0 N–H and O–H groups in total. The number of halogens is 1. The van der Waals surface area contributed by atoms with Gasteiger partial charge in [-0.25, -0.2) is 0 Å². The van der Waals surface area contributed by atoms with E-state index in [9.17, 15) is 4.79 Å². The minimum absolute atomic E-state index is 0. The van der Waals surface area contributed by atoms with Crippen LogP contribution in [0, 0.1) is 0 Å². The van der Waals surface area contributed by atoms with Crippen molar-refractivity contribution in [1.82, 2.24) is 0 Å². The van der Waals surface area contributed by atoms with Gasteiger partial charge >= 0.3 is 0 Å². The summed E-state index contributed by atoms with van der Waals surface area (Å²) in [4.78, 5) is 10.6. The van der Waals surface area contributed by atoms with Gasteiger partial charge < -0.3 is 12.4 Å². The van der Waals surface area contributed by atoms with Gasteiger partial charge in [-0.3, -0.25) is 4.79 Å². The highest BCUT2D eigenvalue weighted by Gasteiger charge is 2.07. The highest BCUT2D eigenvalue weighted by molar-refractivity contribution is 5.78. The number of fused-ring (bicyclic) bond motifs is 1. The number of para-hydroxylation sites is 1. The molecule has 0 atom stereocenters. The third-order valence-electron chi connectivity index (χ3n) is 3.64. The molecule has 0 spiro atoms. The maximum Gasteiger partial charge on any atom is 0.212 e. The van der Waals surface area contributed by atoms with Gasteiger partial charge in [0.1, 0.15) is 13.3 Å². The zero-order valence-corrected chi connectivity index (χ0v) is 13.0. The topological polar surface area (TPSA) is 20.9 Å². The Labute approximate surface area is 136 Å². The van der Waals surface area contributed by atoms with E-state index in [-0.39, 0.29) is 12.4 Å².